The second-order valence-electron chi connectivity index (χ2n) is 12.1. The van der Waals surface area contributed by atoms with Crippen LogP contribution in [0.25, 0.3) is 11.3 Å². The van der Waals surface area contributed by atoms with Crippen molar-refractivity contribution in [1.29, 1.82) is 10.5 Å². The van der Waals surface area contributed by atoms with Gasteiger partial charge in [0.1, 0.15) is 58.9 Å². The first kappa shape index (κ1) is 33.0. The smallest absolute Gasteiger partial charge is 0.255 e. The van der Waals surface area contributed by atoms with E-state index >= 15 is 0 Å². The molecule has 0 spiro atoms. The van der Waals surface area contributed by atoms with Crippen LogP contribution in [-0.4, -0.2) is 64.2 Å². The third kappa shape index (κ3) is 6.12. The van der Waals surface area contributed by atoms with Crippen molar-refractivity contribution in [3.63, 3.8) is 0 Å². The predicted octanol–water partition coefficient (Wildman–Crippen LogP) is 3.45. The Bertz CT molecular complexity index is 2500. The van der Waals surface area contributed by atoms with Crippen molar-refractivity contribution < 1.29 is 17.6 Å². The number of hydrogen-bond donors (Lipinski definition) is 1. The maximum atomic E-state index is 14.2. The zero-order valence-electron chi connectivity index (χ0n) is 26.7. The summed E-state index contributed by atoms with van der Waals surface area (Å²) < 4.78 is 59.7. The van der Waals surface area contributed by atoms with E-state index in [1.165, 1.54) is 28.5 Å². The molecule has 0 amide bonds. The summed E-state index contributed by atoms with van der Waals surface area (Å²) in [6.45, 7) is 0.0589. The van der Waals surface area contributed by atoms with Crippen molar-refractivity contribution in [2.24, 2.45) is 7.05 Å². The van der Waals surface area contributed by atoms with E-state index in [-0.39, 0.29) is 48.2 Å². The fourth-order valence-corrected chi connectivity index (χ4v) is 6.52. The van der Waals surface area contributed by atoms with Gasteiger partial charge in [-0.3, -0.25) is 9.59 Å². The number of fused-ring (bicyclic) bond motifs is 2. The van der Waals surface area contributed by atoms with Gasteiger partial charge < -0.3 is 19.4 Å². The molecule has 14 nitrogen and oxygen atoms in total. The first-order valence-electron chi connectivity index (χ1n) is 15.6. The normalized spacial score (nSPS) is 20.0. The minimum Gasteiger partial charge on any atom is -0.346 e. The first-order valence-corrected chi connectivity index (χ1v) is 15.6. The van der Waals surface area contributed by atoms with Crippen LogP contribution in [0, 0.1) is 34.3 Å². The predicted molar refractivity (Wildman–Crippen MR) is 173 cm³/mol. The highest BCUT2D eigenvalue weighted by molar-refractivity contribution is 5.59. The molecule has 2 aliphatic rings. The molecule has 0 aromatic carbocycles. The summed E-state index contributed by atoms with van der Waals surface area (Å²) in [5, 5.41) is 26.3. The number of H-pyrrole nitrogens is 1. The standard InChI is InChI=1S/C17H14F2N6O.C16H12F2N6O/c1-23-8-11(18)4-13(17(23)26)14-5-12(19)9-24(14)15-2-3-25-16(22-15)10(6-20)7-21-25;17-10-3-12(16(25)20-7-10)13-4-11(18)8-23(13)14-1-2-24-15(22-14)9(5-19)6-21-24/h2-4,7-8,12,14H,5,9H2,1H3;1-3,6-7,11,13H,4,8H2,(H,20,25)/t12-,14+;11-,13+/m00/s1. The van der Waals surface area contributed by atoms with Crippen molar-refractivity contribution in [2.75, 3.05) is 22.9 Å². The summed E-state index contributed by atoms with van der Waals surface area (Å²) in [4.78, 5) is 38.9. The second kappa shape index (κ2) is 13.0. The molecular weight excluding hydrogens is 672 g/mol. The average Bonchev–Trinajstić information content (AvgIpc) is 3.91. The number of nitrogens with zero attached hydrogens (tertiary/aromatic N) is 11. The topological polar surface area (TPSA) is 169 Å². The minimum absolute atomic E-state index is 0.0276. The molecule has 0 aliphatic carbocycles. The molecule has 2 aliphatic heterocycles. The van der Waals surface area contributed by atoms with Gasteiger partial charge in [0.05, 0.1) is 37.6 Å². The van der Waals surface area contributed by atoms with Crippen LogP contribution in [0.1, 0.15) is 47.2 Å². The van der Waals surface area contributed by atoms with Gasteiger partial charge in [0.15, 0.2) is 11.3 Å². The Morgan fingerprint density at radius 3 is 1.84 bits per heavy atom. The third-order valence-electron chi connectivity index (χ3n) is 8.83. The highest BCUT2D eigenvalue weighted by atomic mass is 19.1. The molecule has 2 saturated heterocycles. The molecule has 8 heterocycles. The Labute approximate surface area is 285 Å². The van der Waals surface area contributed by atoms with Gasteiger partial charge in [-0.1, -0.05) is 0 Å². The lowest BCUT2D eigenvalue weighted by Crippen LogP contribution is -2.31. The molecule has 6 aromatic heterocycles. The number of nitriles is 2. The maximum Gasteiger partial charge on any atom is 0.255 e. The van der Waals surface area contributed by atoms with Crippen molar-refractivity contribution in [2.45, 2.75) is 37.3 Å². The van der Waals surface area contributed by atoms with Crippen LogP contribution < -0.4 is 20.9 Å². The van der Waals surface area contributed by atoms with Crippen LogP contribution in [-0.2, 0) is 7.05 Å². The average molecular weight is 699 g/mol. The van der Waals surface area contributed by atoms with Crippen LogP contribution in [0.4, 0.5) is 29.2 Å². The highest BCUT2D eigenvalue weighted by Crippen LogP contribution is 2.37. The molecule has 51 heavy (non-hydrogen) atoms. The number of anilines is 2. The molecule has 0 bridgehead atoms. The molecule has 1 N–H and O–H groups in total. The van der Waals surface area contributed by atoms with Gasteiger partial charge in [-0.2, -0.15) is 20.7 Å². The summed E-state index contributed by atoms with van der Waals surface area (Å²) in [6.07, 6.45) is 5.84. The van der Waals surface area contributed by atoms with E-state index in [2.05, 4.69) is 25.1 Å². The lowest BCUT2D eigenvalue weighted by molar-refractivity contribution is 0.356. The summed E-state index contributed by atoms with van der Waals surface area (Å²) in [6, 6.07) is 8.24. The quantitative estimate of drug-likeness (QED) is 0.269. The minimum atomic E-state index is -1.17. The van der Waals surface area contributed by atoms with Gasteiger partial charge in [-0.25, -0.2) is 36.6 Å². The van der Waals surface area contributed by atoms with E-state index < -0.39 is 41.6 Å². The van der Waals surface area contributed by atoms with Gasteiger partial charge in [-0.15, -0.1) is 0 Å². The van der Waals surface area contributed by atoms with E-state index in [9.17, 15) is 27.2 Å². The van der Waals surface area contributed by atoms with Crippen molar-refractivity contribution in [3.8, 4) is 12.1 Å². The molecule has 8 rings (SSSR count). The summed E-state index contributed by atoms with van der Waals surface area (Å²) in [7, 11) is 1.46. The van der Waals surface area contributed by atoms with Crippen LogP contribution in [0.15, 0.2) is 71.0 Å². The van der Waals surface area contributed by atoms with E-state index in [0.29, 0.717) is 28.5 Å². The first-order chi connectivity index (χ1) is 24.5. The second-order valence-corrected chi connectivity index (χ2v) is 12.1. The molecule has 6 aromatic rings. The van der Waals surface area contributed by atoms with E-state index in [0.717, 1.165) is 29.1 Å². The maximum absolute atomic E-state index is 14.2. The largest absolute Gasteiger partial charge is 0.346 e. The summed E-state index contributed by atoms with van der Waals surface area (Å²) in [5.74, 6) is -0.345. The number of alkyl halides is 2. The molecule has 258 valence electrons. The lowest BCUT2D eigenvalue weighted by Gasteiger charge is -2.25. The van der Waals surface area contributed by atoms with Crippen LogP contribution in [0.3, 0.4) is 0 Å². The number of nitrogens with one attached hydrogen (secondary N) is 1. The van der Waals surface area contributed by atoms with Crippen LogP contribution >= 0.6 is 0 Å². The van der Waals surface area contributed by atoms with Crippen molar-refractivity contribution in [1.82, 2.24) is 38.7 Å². The van der Waals surface area contributed by atoms with E-state index in [4.69, 9.17) is 10.5 Å². The van der Waals surface area contributed by atoms with Gasteiger partial charge in [0.2, 0.25) is 0 Å². The molecule has 2 fully saturated rings. The Hall–Kier alpha value is -6.56. The molecule has 4 atom stereocenters. The third-order valence-corrected chi connectivity index (χ3v) is 8.83. The van der Waals surface area contributed by atoms with Crippen LogP contribution in [0.2, 0.25) is 0 Å². The monoisotopic (exact) mass is 698 g/mol. The number of pyridine rings is 2. The summed E-state index contributed by atoms with van der Waals surface area (Å²) in [5.41, 5.74) is 0.762. The molecular formula is C33H26F4N12O2. The van der Waals surface area contributed by atoms with Crippen molar-refractivity contribution >= 4 is 22.9 Å². The zero-order valence-corrected chi connectivity index (χ0v) is 26.7. The van der Waals surface area contributed by atoms with Gasteiger partial charge in [0.25, 0.3) is 11.1 Å². The van der Waals surface area contributed by atoms with E-state index in [1.54, 1.807) is 34.3 Å². The Morgan fingerprint density at radius 1 is 0.804 bits per heavy atom. The van der Waals surface area contributed by atoms with Gasteiger partial charge in [-0.05, 0) is 24.3 Å². The fourth-order valence-electron chi connectivity index (χ4n) is 6.52. The zero-order chi connectivity index (χ0) is 36.0. The number of hydrogen-bond acceptors (Lipinski definition) is 10. The van der Waals surface area contributed by atoms with Gasteiger partial charge in [0, 0.05) is 55.8 Å². The number of rotatable bonds is 4. The number of aryl methyl sites for hydroxylation is 1. The fraction of sp³-hybridized carbons (Fsp3) is 0.273. The van der Waals surface area contributed by atoms with Gasteiger partial charge >= 0.3 is 0 Å². The van der Waals surface area contributed by atoms with E-state index in [1.807, 2.05) is 12.1 Å². The molecule has 18 heteroatoms. The number of aromatic amines is 1. The lowest BCUT2D eigenvalue weighted by atomic mass is 10.1. The summed E-state index contributed by atoms with van der Waals surface area (Å²) >= 11 is 0. The van der Waals surface area contributed by atoms with Crippen LogP contribution in [0.5, 0.6) is 0 Å². The van der Waals surface area contributed by atoms with Crippen molar-refractivity contribution in [3.05, 3.63) is 116 Å². The molecule has 0 radical (unpaired) electrons. The molecule has 0 saturated carbocycles. The highest BCUT2D eigenvalue weighted by Gasteiger charge is 2.37. The Balaban J connectivity index is 0.000000159. The molecule has 0 unspecified atom stereocenters. The number of halogens is 4. The Morgan fingerprint density at radius 2 is 1.31 bits per heavy atom. The Kier molecular flexibility index (Phi) is 8.43. The SMILES string of the molecule is Cn1cc(F)cc([C@H]2C[C@H](F)CN2c2ccn3ncc(C#N)c3n2)c1=O.N#Cc1cnn2ccc(N3C[C@@H](F)C[C@@H]3c3cc(F)c[nH]c3=O)nc12. The number of aromatic nitrogens is 8.